The van der Waals surface area contributed by atoms with Gasteiger partial charge in [-0.1, -0.05) is 72.8 Å². The first kappa shape index (κ1) is 34.1. The van der Waals surface area contributed by atoms with Crippen LogP contribution in [0, 0.1) is 11.8 Å². The Bertz CT molecular complexity index is 1680. The van der Waals surface area contributed by atoms with E-state index in [0.717, 1.165) is 5.56 Å². The van der Waals surface area contributed by atoms with Gasteiger partial charge in [-0.05, 0) is 62.1 Å². The first-order valence-corrected chi connectivity index (χ1v) is 17.0. The number of carbonyl (C=O) groups is 3. The number of nitrogens with zero attached hydrogens (tertiary/aromatic N) is 3. The third-order valence-electron chi connectivity index (χ3n) is 10.3. The summed E-state index contributed by atoms with van der Waals surface area (Å²) in [4.78, 5) is 49.7. The van der Waals surface area contributed by atoms with Crippen molar-refractivity contribution in [1.82, 2.24) is 9.80 Å². The molecule has 0 aromatic heterocycles. The highest BCUT2D eigenvalue weighted by atomic mass is 16.5. The lowest BCUT2D eigenvalue weighted by molar-refractivity contribution is -0.155. The van der Waals surface area contributed by atoms with Crippen molar-refractivity contribution in [1.29, 1.82) is 0 Å². The fourth-order valence-electron chi connectivity index (χ4n) is 8.26. The summed E-state index contributed by atoms with van der Waals surface area (Å²) in [6, 6.07) is 24.2. The Morgan fingerprint density at radius 2 is 1.63 bits per heavy atom. The van der Waals surface area contributed by atoms with Crippen molar-refractivity contribution in [2.24, 2.45) is 11.8 Å². The molecule has 256 valence electrons. The van der Waals surface area contributed by atoms with Crippen molar-refractivity contribution in [3.63, 3.8) is 0 Å². The zero-order chi connectivity index (χ0) is 34.8. The molecule has 6 atom stereocenters. The maximum absolute atomic E-state index is 15.0. The summed E-state index contributed by atoms with van der Waals surface area (Å²) in [6.45, 7) is 12.5. The first-order valence-electron chi connectivity index (χ1n) is 17.0. The highest BCUT2D eigenvalue weighted by molar-refractivity contribution is 6.03. The van der Waals surface area contributed by atoms with E-state index in [1.165, 1.54) is 4.90 Å². The van der Waals surface area contributed by atoms with Crippen LogP contribution in [-0.2, 0) is 25.7 Å². The molecular formula is C40H45N3O6. The smallest absolute Gasteiger partial charge is 0.249 e. The van der Waals surface area contributed by atoms with Crippen LogP contribution in [0.2, 0.25) is 0 Å². The van der Waals surface area contributed by atoms with E-state index >= 15 is 4.79 Å². The number of carbonyl (C=O) groups excluding carboxylic acids is 3. The van der Waals surface area contributed by atoms with Crippen molar-refractivity contribution in [2.75, 3.05) is 31.2 Å². The molecule has 0 radical (unpaired) electrons. The lowest BCUT2D eigenvalue weighted by atomic mass is 9.66. The van der Waals surface area contributed by atoms with Gasteiger partial charge < -0.3 is 29.3 Å². The summed E-state index contributed by atoms with van der Waals surface area (Å²) in [5.41, 5.74) is -0.00763. The van der Waals surface area contributed by atoms with Gasteiger partial charge in [0.2, 0.25) is 17.7 Å². The van der Waals surface area contributed by atoms with E-state index in [0.29, 0.717) is 43.0 Å². The Morgan fingerprint density at radius 1 is 0.980 bits per heavy atom. The molecular weight excluding hydrogens is 618 g/mol. The van der Waals surface area contributed by atoms with Gasteiger partial charge in [0.1, 0.15) is 17.4 Å². The number of ether oxygens (including phenoxy) is 2. The monoisotopic (exact) mass is 663 g/mol. The lowest BCUT2D eigenvalue weighted by Gasteiger charge is -2.39. The maximum Gasteiger partial charge on any atom is 0.249 e. The van der Waals surface area contributed by atoms with E-state index in [1.807, 2.05) is 98.8 Å². The normalized spacial score (nSPS) is 25.8. The maximum atomic E-state index is 15.0. The summed E-state index contributed by atoms with van der Waals surface area (Å²) in [7, 11) is 0. The number of fused-ring (bicyclic) bond motifs is 1. The summed E-state index contributed by atoms with van der Waals surface area (Å²) >= 11 is 0. The molecule has 0 aliphatic carbocycles. The van der Waals surface area contributed by atoms with Crippen LogP contribution in [0.3, 0.4) is 0 Å². The number of hydrogen-bond donors (Lipinski definition) is 1. The van der Waals surface area contributed by atoms with Crippen LogP contribution in [0.5, 0.6) is 5.75 Å². The number of benzene rings is 3. The topological polar surface area (TPSA) is 99.6 Å². The first-order chi connectivity index (χ1) is 23.7. The van der Waals surface area contributed by atoms with Crippen molar-refractivity contribution in [2.45, 2.75) is 56.5 Å². The largest absolute Gasteiger partial charge is 0.494 e. The molecule has 6 rings (SSSR count). The van der Waals surface area contributed by atoms with Gasteiger partial charge in [-0.2, -0.15) is 0 Å². The number of aliphatic hydroxyl groups is 1. The molecule has 3 amide bonds. The third kappa shape index (κ3) is 5.95. The van der Waals surface area contributed by atoms with Crippen LogP contribution < -0.4 is 9.64 Å². The third-order valence-corrected chi connectivity index (χ3v) is 10.3. The van der Waals surface area contributed by atoms with E-state index in [-0.39, 0.29) is 30.8 Å². The van der Waals surface area contributed by atoms with Gasteiger partial charge in [-0.15, -0.1) is 13.2 Å². The van der Waals surface area contributed by atoms with E-state index in [4.69, 9.17) is 9.47 Å². The Hall–Kier alpha value is -4.73. The molecule has 3 aromatic carbocycles. The molecule has 9 nitrogen and oxygen atoms in total. The van der Waals surface area contributed by atoms with Gasteiger partial charge in [0.15, 0.2) is 0 Å². The van der Waals surface area contributed by atoms with Gasteiger partial charge in [-0.3, -0.25) is 14.4 Å². The van der Waals surface area contributed by atoms with E-state index in [1.54, 1.807) is 22.0 Å². The highest BCUT2D eigenvalue weighted by Gasteiger charge is 2.79. The molecule has 1 N–H and O–H groups in total. The van der Waals surface area contributed by atoms with Crippen molar-refractivity contribution in [3.05, 3.63) is 121 Å². The minimum atomic E-state index is -1.28. The van der Waals surface area contributed by atoms with Crippen LogP contribution >= 0.6 is 0 Å². The molecule has 9 heteroatoms. The Kier molecular flexibility index (Phi) is 9.77. The van der Waals surface area contributed by atoms with Gasteiger partial charge in [-0.25, -0.2) is 0 Å². The molecule has 0 saturated carbocycles. The molecule has 3 fully saturated rings. The molecule has 2 unspecified atom stereocenters. The minimum Gasteiger partial charge on any atom is -0.494 e. The average Bonchev–Trinajstić information content (AvgIpc) is 3.69. The van der Waals surface area contributed by atoms with Gasteiger partial charge in [0.05, 0.1) is 36.7 Å². The van der Waals surface area contributed by atoms with E-state index in [2.05, 4.69) is 13.2 Å². The molecule has 3 heterocycles. The Balaban J connectivity index is 1.45. The lowest BCUT2D eigenvalue weighted by Crippen LogP contribution is -2.57. The van der Waals surface area contributed by atoms with Crippen molar-refractivity contribution < 1.29 is 29.0 Å². The predicted molar refractivity (Wildman–Crippen MR) is 188 cm³/mol. The molecule has 49 heavy (non-hydrogen) atoms. The average molecular weight is 664 g/mol. The van der Waals surface area contributed by atoms with Crippen LogP contribution in [-0.4, -0.2) is 76.2 Å². The van der Waals surface area contributed by atoms with Crippen LogP contribution in [0.15, 0.2) is 110 Å². The van der Waals surface area contributed by atoms with Gasteiger partial charge in [0.25, 0.3) is 0 Å². The second-order valence-electron chi connectivity index (χ2n) is 13.2. The number of aliphatic hydroxyl groups excluding tert-OH is 1. The molecule has 3 aromatic rings. The number of likely N-dealkylation sites (tertiary alicyclic amines) is 1. The summed E-state index contributed by atoms with van der Waals surface area (Å²) in [5, 5.41) is 10.9. The van der Waals surface area contributed by atoms with Crippen LogP contribution in [0.1, 0.15) is 43.9 Å². The Labute approximate surface area is 288 Å². The number of hydrogen-bond acceptors (Lipinski definition) is 6. The highest BCUT2D eigenvalue weighted by Crippen LogP contribution is 2.64. The summed E-state index contributed by atoms with van der Waals surface area (Å²) < 4.78 is 12.6. The quantitative estimate of drug-likeness (QED) is 0.235. The predicted octanol–water partition coefficient (Wildman–Crippen LogP) is 5.32. The molecule has 2 bridgehead atoms. The zero-order valence-corrected chi connectivity index (χ0v) is 28.2. The summed E-state index contributed by atoms with van der Waals surface area (Å²) in [5.74, 6) is -2.08. The van der Waals surface area contributed by atoms with Gasteiger partial charge >= 0.3 is 0 Å². The van der Waals surface area contributed by atoms with E-state index in [9.17, 15) is 14.7 Å². The van der Waals surface area contributed by atoms with Crippen LogP contribution in [0.4, 0.5) is 5.69 Å². The van der Waals surface area contributed by atoms with Crippen molar-refractivity contribution >= 4 is 23.4 Å². The van der Waals surface area contributed by atoms with Gasteiger partial charge in [0, 0.05) is 25.3 Å². The number of anilines is 1. The van der Waals surface area contributed by atoms with Crippen molar-refractivity contribution in [3.8, 4) is 5.75 Å². The molecule has 3 aliphatic rings. The van der Waals surface area contributed by atoms with Crippen LogP contribution in [0.25, 0.3) is 0 Å². The molecule has 3 saturated heterocycles. The molecule has 3 aliphatic heterocycles. The summed E-state index contributed by atoms with van der Waals surface area (Å²) in [6.07, 6.45) is 4.23. The zero-order valence-electron chi connectivity index (χ0n) is 28.2. The Morgan fingerprint density at radius 3 is 2.24 bits per heavy atom. The van der Waals surface area contributed by atoms with E-state index < -0.39 is 41.7 Å². The second kappa shape index (κ2) is 14.0. The SMILES string of the molecule is C=CCN(Cc1ccccc1)C(=O)C1N([C@H](CO)c2ccccc2)C(=O)[C@@H]2[C@@H](C(=O)N(CC=C)c3ccc(OCC)cc3)[C@@]3(C)CCC12O3. The number of amides is 3. The fourth-order valence-corrected chi connectivity index (χ4v) is 8.26. The fraction of sp³-hybridized carbons (Fsp3) is 0.375. The second-order valence-corrected chi connectivity index (χ2v) is 13.2. The number of rotatable bonds is 14. The minimum absolute atomic E-state index is 0.215. The molecule has 1 spiro atoms. The standard InChI is InChI=1S/C40H45N3O6/c1-5-24-41(26-28-14-10-8-11-15-28)38(47)35-40-23-22-39(4,49-40)33(34(40)37(46)43(35)32(27-44)29-16-12-9-13-17-29)36(45)42(25-6-2)30-18-20-31(21-19-30)48-7-3/h5-6,8-21,32-35,44H,1-2,7,22-27H2,3-4H3/t32-,33+,34+,35?,39-,40?/m1/s1.